The Bertz CT molecular complexity index is 665. The number of rotatable bonds is 4. The van der Waals surface area contributed by atoms with Crippen LogP contribution in [0.1, 0.15) is 28.1 Å². The van der Waals surface area contributed by atoms with Crippen LogP contribution in [0.5, 0.6) is 0 Å². The first kappa shape index (κ1) is 15.5. The zero-order valence-corrected chi connectivity index (χ0v) is 14.4. The fraction of sp³-hybridized carbons (Fsp3) is 0.333. The van der Waals surface area contributed by atoms with Gasteiger partial charge in [-0.05, 0) is 52.5 Å². The SMILES string of the molecule is NCc1cc(Br)sc1C(=O)Nc1ccc(N2CCCC2)nc1. The molecule has 3 N–H and O–H groups in total. The van der Waals surface area contributed by atoms with E-state index in [1.54, 1.807) is 6.20 Å². The number of nitrogens with one attached hydrogen (secondary N) is 1. The van der Waals surface area contributed by atoms with Crippen molar-refractivity contribution in [3.63, 3.8) is 0 Å². The maximum atomic E-state index is 12.3. The Kier molecular flexibility index (Phi) is 4.75. The van der Waals surface area contributed by atoms with Crippen LogP contribution in [0, 0.1) is 0 Å². The van der Waals surface area contributed by atoms with E-state index in [1.165, 1.54) is 24.2 Å². The summed E-state index contributed by atoms with van der Waals surface area (Å²) in [5.74, 6) is 0.823. The van der Waals surface area contributed by atoms with Crippen molar-refractivity contribution in [1.29, 1.82) is 0 Å². The molecule has 0 saturated carbocycles. The number of aromatic nitrogens is 1. The van der Waals surface area contributed by atoms with Gasteiger partial charge in [-0.3, -0.25) is 4.79 Å². The van der Waals surface area contributed by atoms with Crippen molar-refractivity contribution in [2.75, 3.05) is 23.3 Å². The van der Waals surface area contributed by atoms with Crippen molar-refractivity contribution >= 4 is 44.7 Å². The fourth-order valence-electron chi connectivity index (χ4n) is 2.52. The largest absolute Gasteiger partial charge is 0.357 e. The Hall–Kier alpha value is -1.44. The lowest BCUT2D eigenvalue weighted by Gasteiger charge is -2.16. The predicted molar refractivity (Wildman–Crippen MR) is 93.5 cm³/mol. The number of nitrogens with two attached hydrogens (primary N) is 1. The average Bonchev–Trinajstić information content (AvgIpc) is 3.17. The molecule has 1 aliphatic heterocycles. The first-order valence-corrected chi connectivity index (χ1v) is 8.79. The Morgan fingerprint density at radius 2 is 2.18 bits per heavy atom. The predicted octanol–water partition coefficient (Wildman–Crippen LogP) is 3.22. The lowest BCUT2D eigenvalue weighted by Crippen LogP contribution is -2.19. The number of hydrogen-bond acceptors (Lipinski definition) is 5. The number of nitrogens with zero attached hydrogens (tertiary/aromatic N) is 2. The number of pyridine rings is 1. The van der Waals surface area contributed by atoms with Gasteiger partial charge in [-0.1, -0.05) is 0 Å². The molecule has 1 saturated heterocycles. The van der Waals surface area contributed by atoms with Crippen LogP contribution < -0.4 is 16.0 Å². The second-order valence-electron chi connectivity index (χ2n) is 5.16. The minimum Gasteiger partial charge on any atom is -0.357 e. The molecule has 0 bridgehead atoms. The van der Waals surface area contributed by atoms with Crippen LogP contribution in [0.4, 0.5) is 11.5 Å². The minimum absolute atomic E-state index is 0.146. The van der Waals surface area contributed by atoms with Gasteiger partial charge in [-0.15, -0.1) is 11.3 Å². The van der Waals surface area contributed by atoms with Gasteiger partial charge in [-0.25, -0.2) is 4.98 Å². The highest BCUT2D eigenvalue weighted by Crippen LogP contribution is 2.28. The molecule has 2 aromatic heterocycles. The molecule has 0 aromatic carbocycles. The molecule has 0 aliphatic carbocycles. The second kappa shape index (κ2) is 6.76. The highest BCUT2D eigenvalue weighted by molar-refractivity contribution is 9.11. The number of carbonyl (C=O) groups is 1. The van der Waals surface area contributed by atoms with Crippen molar-refractivity contribution in [2.24, 2.45) is 5.73 Å². The number of thiophene rings is 1. The lowest BCUT2D eigenvalue weighted by atomic mass is 10.2. The summed E-state index contributed by atoms with van der Waals surface area (Å²) in [5, 5.41) is 2.88. The highest BCUT2D eigenvalue weighted by Gasteiger charge is 2.16. The number of amides is 1. The molecule has 0 atom stereocenters. The van der Waals surface area contributed by atoms with Gasteiger partial charge in [0, 0.05) is 19.6 Å². The van der Waals surface area contributed by atoms with Gasteiger partial charge in [0.1, 0.15) is 5.82 Å². The third-order valence-electron chi connectivity index (χ3n) is 3.64. The number of anilines is 2. The number of halogens is 1. The molecule has 3 rings (SSSR count). The van der Waals surface area contributed by atoms with E-state index in [1.807, 2.05) is 18.2 Å². The van der Waals surface area contributed by atoms with Crippen molar-refractivity contribution in [3.8, 4) is 0 Å². The van der Waals surface area contributed by atoms with Gasteiger partial charge in [-0.2, -0.15) is 0 Å². The van der Waals surface area contributed by atoms with E-state index in [-0.39, 0.29) is 5.91 Å². The molecule has 2 aromatic rings. The van der Waals surface area contributed by atoms with E-state index in [4.69, 9.17) is 5.73 Å². The molecule has 0 spiro atoms. The topological polar surface area (TPSA) is 71.2 Å². The summed E-state index contributed by atoms with van der Waals surface area (Å²) in [4.78, 5) is 19.7. The van der Waals surface area contributed by atoms with Crippen molar-refractivity contribution in [1.82, 2.24) is 4.98 Å². The van der Waals surface area contributed by atoms with Crippen LogP contribution in [-0.4, -0.2) is 24.0 Å². The summed E-state index contributed by atoms with van der Waals surface area (Å²) < 4.78 is 0.903. The Labute approximate surface area is 141 Å². The molecule has 1 fully saturated rings. The molecule has 7 heteroatoms. The smallest absolute Gasteiger partial charge is 0.266 e. The molecule has 1 amide bonds. The average molecular weight is 381 g/mol. The zero-order valence-electron chi connectivity index (χ0n) is 12.0. The lowest BCUT2D eigenvalue weighted by molar-refractivity contribution is 0.102. The normalized spacial score (nSPS) is 14.4. The van der Waals surface area contributed by atoms with Gasteiger partial charge >= 0.3 is 0 Å². The summed E-state index contributed by atoms with van der Waals surface area (Å²) in [6.45, 7) is 2.46. The first-order valence-electron chi connectivity index (χ1n) is 7.18. The van der Waals surface area contributed by atoms with Gasteiger partial charge < -0.3 is 16.0 Å². The first-order chi connectivity index (χ1) is 10.7. The van der Waals surface area contributed by atoms with E-state index in [0.29, 0.717) is 17.1 Å². The maximum Gasteiger partial charge on any atom is 0.266 e. The summed E-state index contributed by atoms with van der Waals surface area (Å²) in [7, 11) is 0. The van der Waals surface area contributed by atoms with Crippen LogP contribution in [-0.2, 0) is 6.54 Å². The third kappa shape index (κ3) is 3.31. The Balaban J connectivity index is 1.71. The molecule has 3 heterocycles. The van der Waals surface area contributed by atoms with Crippen LogP contribution >= 0.6 is 27.3 Å². The van der Waals surface area contributed by atoms with Crippen molar-refractivity contribution in [2.45, 2.75) is 19.4 Å². The summed E-state index contributed by atoms with van der Waals surface area (Å²) >= 11 is 4.78. The van der Waals surface area contributed by atoms with E-state index < -0.39 is 0 Å². The van der Waals surface area contributed by atoms with E-state index in [9.17, 15) is 4.79 Å². The quantitative estimate of drug-likeness (QED) is 0.853. The summed E-state index contributed by atoms with van der Waals surface area (Å²) in [6.07, 6.45) is 4.14. The molecular weight excluding hydrogens is 364 g/mol. The molecule has 0 radical (unpaired) electrons. The summed E-state index contributed by atoms with van der Waals surface area (Å²) in [6, 6.07) is 5.73. The molecule has 116 valence electrons. The van der Waals surface area contributed by atoms with Crippen LogP contribution in [0.15, 0.2) is 28.2 Å². The monoisotopic (exact) mass is 380 g/mol. The van der Waals surface area contributed by atoms with Crippen LogP contribution in [0.25, 0.3) is 0 Å². The van der Waals surface area contributed by atoms with Gasteiger partial charge in [0.05, 0.1) is 20.5 Å². The standard InChI is InChI=1S/C15H17BrN4OS/c16-12-7-10(8-17)14(22-12)15(21)19-11-3-4-13(18-9-11)20-5-1-2-6-20/h3-4,7,9H,1-2,5-6,8,17H2,(H,19,21). The molecular formula is C15H17BrN4OS. The Morgan fingerprint density at radius 3 is 2.82 bits per heavy atom. The van der Waals surface area contributed by atoms with Crippen molar-refractivity contribution < 1.29 is 4.79 Å². The molecule has 22 heavy (non-hydrogen) atoms. The zero-order chi connectivity index (χ0) is 15.5. The molecule has 0 unspecified atom stereocenters. The Morgan fingerprint density at radius 1 is 1.41 bits per heavy atom. The van der Waals surface area contributed by atoms with Crippen LogP contribution in [0.3, 0.4) is 0 Å². The van der Waals surface area contributed by atoms with Gasteiger partial charge in [0.25, 0.3) is 5.91 Å². The number of carbonyl (C=O) groups excluding carboxylic acids is 1. The summed E-state index contributed by atoms with van der Waals surface area (Å²) in [5.41, 5.74) is 7.21. The van der Waals surface area contributed by atoms with Gasteiger partial charge in [0.2, 0.25) is 0 Å². The van der Waals surface area contributed by atoms with E-state index in [0.717, 1.165) is 28.3 Å². The van der Waals surface area contributed by atoms with E-state index >= 15 is 0 Å². The minimum atomic E-state index is -0.146. The van der Waals surface area contributed by atoms with E-state index in [2.05, 4.69) is 31.1 Å². The highest BCUT2D eigenvalue weighted by atomic mass is 79.9. The third-order valence-corrected chi connectivity index (χ3v) is 5.32. The fourth-order valence-corrected chi connectivity index (χ4v) is 4.10. The van der Waals surface area contributed by atoms with Crippen molar-refractivity contribution in [3.05, 3.63) is 38.6 Å². The van der Waals surface area contributed by atoms with Gasteiger partial charge in [0.15, 0.2) is 0 Å². The molecule has 1 aliphatic rings. The number of hydrogen-bond donors (Lipinski definition) is 2. The second-order valence-corrected chi connectivity index (χ2v) is 7.59. The van der Waals surface area contributed by atoms with Crippen LogP contribution in [0.2, 0.25) is 0 Å². The molecule has 5 nitrogen and oxygen atoms in total. The maximum absolute atomic E-state index is 12.3.